The number of nitrogens with zero attached hydrogens (tertiary/aromatic N) is 3. The van der Waals surface area contributed by atoms with Crippen molar-refractivity contribution >= 4 is 39.7 Å². The summed E-state index contributed by atoms with van der Waals surface area (Å²) in [4.78, 5) is 14.8. The number of halogens is 1. The van der Waals surface area contributed by atoms with Gasteiger partial charge < -0.3 is 4.90 Å². The normalized spacial score (nSPS) is 13.1. The minimum atomic E-state index is 0.0116. The lowest BCUT2D eigenvalue weighted by atomic mass is 10.1. The van der Waals surface area contributed by atoms with Crippen molar-refractivity contribution in [1.82, 2.24) is 14.8 Å². The highest BCUT2D eigenvalue weighted by atomic mass is 79.9. The largest absolute Gasteiger partial charge is 0.310 e. The minimum Gasteiger partial charge on any atom is -0.310 e. The fraction of sp³-hybridized carbons (Fsp3) is 0.211. The first-order valence-corrected chi connectivity index (χ1v) is 9.54. The molecule has 132 valence electrons. The molecule has 3 aromatic rings. The van der Waals surface area contributed by atoms with Gasteiger partial charge in [0.05, 0.1) is 0 Å². The van der Waals surface area contributed by atoms with Crippen LogP contribution in [-0.2, 0) is 17.8 Å². The van der Waals surface area contributed by atoms with E-state index in [9.17, 15) is 4.79 Å². The molecular weight excluding hydrogens is 412 g/mol. The zero-order valence-electron chi connectivity index (χ0n) is 14.2. The molecule has 1 amide bonds. The zero-order chi connectivity index (χ0) is 18.3. The third-order valence-electron chi connectivity index (χ3n) is 4.57. The van der Waals surface area contributed by atoms with Gasteiger partial charge in [0.25, 0.3) is 0 Å². The van der Waals surface area contributed by atoms with Crippen LogP contribution >= 0.6 is 28.1 Å². The van der Waals surface area contributed by atoms with Crippen LogP contribution in [0.1, 0.15) is 11.1 Å². The molecule has 0 radical (unpaired) electrons. The number of fused-ring (bicyclic) bond motifs is 1. The van der Waals surface area contributed by atoms with E-state index in [2.05, 4.69) is 32.2 Å². The molecule has 1 aromatic heterocycles. The molecule has 2 heterocycles. The topological polar surface area (TPSA) is 53.9 Å². The van der Waals surface area contributed by atoms with Gasteiger partial charge in [0.2, 0.25) is 5.91 Å². The highest BCUT2D eigenvalue weighted by molar-refractivity contribution is 9.10. The van der Waals surface area contributed by atoms with E-state index in [4.69, 9.17) is 12.2 Å². The summed E-state index contributed by atoms with van der Waals surface area (Å²) in [5, 5.41) is 7.15. The summed E-state index contributed by atoms with van der Waals surface area (Å²) in [5.74, 6) is 0.694. The molecule has 0 fully saturated rings. The number of aromatic nitrogens is 3. The Labute approximate surface area is 164 Å². The van der Waals surface area contributed by atoms with Crippen molar-refractivity contribution in [2.75, 3.05) is 11.4 Å². The first kappa shape index (κ1) is 17.2. The maximum absolute atomic E-state index is 13.0. The predicted octanol–water partition coefficient (Wildman–Crippen LogP) is 4.27. The van der Waals surface area contributed by atoms with Gasteiger partial charge in [-0.2, -0.15) is 5.10 Å². The van der Waals surface area contributed by atoms with Crippen LogP contribution in [0.25, 0.3) is 11.4 Å². The van der Waals surface area contributed by atoms with Gasteiger partial charge in [0.15, 0.2) is 10.6 Å². The molecule has 2 aromatic carbocycles. The van der Waals surface area contributed by atoms with Crippen LogP contribution in [0.4, 0.5) is 5.69 Å². The molecule has 0 unspecified atom stereocenters. The van der Waals surface area contributed by atoms with Crippen LogP contribution in [0.15, 0.2) is 46.9 Å². The molecule has 1 N–H and O–H groups in total. The lowest BCUT2D eigenvalue weighted by Gasteiger charge is -2.18. The Bertz CT molecular complexity index is 1060. The smallest absolute Gasteiger partial charge is 0.247 e. The fourth-order valence-electron chi connectivity index (χ4n) is 3.32. The van der Waals surface area contributed by atoms with E-state index in [0.29, 0.717) is 17.1 Å². The van der Waals surface area contributed by atoms with E-state index >= 15 is 0 Å². The van der Waals surface area contributed by atoms with Crippen molar-refractivity contribution in [3.63, 3.8) is 0 Å². The highest BCUT2D eigenvalue weighted by Crippen LogP contribution is 2.31. The van der Waals surface area contributed by atoms with Crippen molar-refractivity contribution in [3.05, 3.63) is 62.8 Å². The van der Waals surface area contributed by atoms with E-state index in [0.717, 1.165) is 27.7 Å². The monoisotopic (exact) mass is 428 g/mol. The summed E-state index contributed by atoms with van der Waals surface area (Å²) >= 11 is 8.85. The Morgan fingerprint density at radius 3 is 2.96 bits per heavy atom. The summed E-state index contributed by atoms with van der Waals surface area (Å²) in [6.45, 7) is 2.88. The second-order valence-corrected chi connectivity index (χ2v) is 7.68. The van der Waals surface area contributed by atoms with Gasteiger partial charge in [0, 0.05) is 22.3 Å². The maximum atomic E-state index is 13.0. The second-order valence-electron chi connectivity index (χ2n) is 6.38. The van der Waals surface area contributed by atoms with Crippen molar-refractivity contribution < 1.29 is 4.79 Å². The number of amides is 1. The van der Waals surface area contributed by atoms with Gasteiger partial charge in [-0.25, -0.2) is 0 Å². The number of nitrogens with one attached hydrogen (secondary N) is 1. The molecule has 1 aliphatic rings. The number of H-pyrrole nitrogens is 1. The van der Waals surface area contributed by atoms with Crippen LogP contribution < -0.4 is 4.90 Å². The van der Waals surface area contributed by atoms with Crippen molar-refractivity contribution in [3.8, 4) is 11.4 Å². The van der Waals surface area contributed by atoms with Gasteiger partial charge in [-0.1, -0.05) is 39.7 Å². The number of carbonyl (C=O) groups is 1. The molecular formula is C19H17BrN4OS. The van der Waals surface area contributed by atoms with Crippen LogP contribution in [0.3, 0.4) is 0 Å². The molecule has 0 atom stereocenters. The van der Waals surface area contributed by atoms with Gasteiger partial charge in [0.1, 0.15) is 6.54 Å². The molecule has 7 heteroatoms. The molecule has 4 rings (SSSR count). The molecule has 5 nitrogen and oxygen atoms in total. The van der Waals surface area contributed by atoms with E-state index in [1.165, 1.54) is 5.56 Å². The number of aryl methyl sites for hydroxylation is 1. The molecule has 0 saturated heterocycles. The average molecular weight is 429 g/mol. The maximum Gasteiger partial charge on any atom is 0.247 e. The number of carbonyl (C=O) groups excluding carboxylic acids is 1. The number of benzene rings is 2. The molecule has 0 saturated carbocycles. The van der Waals surface area contributed by atoms with E-state index in [-0.39, 0.29) is 12.5 Å². The molecule has 1 aliphatic heterocycles. The van der Waals surface area contributed by atoms with Gasteiger partial charge in [-0.3, -0.25) is 14.5 Å². The van der Waals surface area contributed by atoms with Crippen LogP contribution in [-0.4, -0.2) is 27.2 Å². The number of hydrogen-bond acceptors (Lipinski definition) is 3. The van der Waals surface area contributed by atoms with Crippen molar-refractivity contribution in [2.24, 2.45) is 0 Å². The predicted molar refractivity (Wildman–Crippen MR) is 108 cm³/mol. The van der Waals surface area contributed by atoms with Crippen molar-refractivity contribution in [2.45, 2.75) is 19.9 Å². The fourth-order valence-corrected chi connectivity index (χ4v) is 3.92. The van der Waals surface area contributed by atoms with Gasteiger partial charge >= 0.3 is 0 Å². The second kappa shape index (κ2) is 6.81. The van der Waals surface area contributed by atoms with Gasteiger partial charge in [-0.05, 0) is 55.4 Å². The van der Waals surface area contributed by atoms with Crippen LogP contribution in [0.5, 0.6) is 0 Å². The number of rotatable bonds is 3. The SMILES string of the molecule is Cc1cccc(-c2n[nH]c(=S)n2CC(=O)N2CCc3cc(Br)ccc32)c1. The first-order valence-electron chi connectivity index (χ1n) is 8.34. The summed E-state index contributed by atoms with van der Waals surface area (Å²) < 4.78 is 3.25. The molecule has 0 aliphatic carbocycles. The summed E-state index contributed by atoms with van der Waals surface area (Å²) in [6, 6.07) is 14.0. The third-order valence-corrected chi connectivity index (χ3v) is 5.37. The Morgan fingerprint density at radius 2 is 2.15 bits per heavy atom. The number of hydrogen-bond donors (Lipinski definition) is 1. The quantitative estimate of drug-likeness (QED) is 0.633. The van der Waals surface area contributed by atoms with E-state index < -0.39 is 0 Å². The minimum absolute atomic E-state index is 0.0116. The van der Waals surface area contributed by atoms with Gasteiger partial charge in [-0.15, -0.1) is 0 Å². The van der Waals surface area contributed by atoms with E-state index in [1.54, 1.807) is 4.57 Å². The molecule has 0 bridgehead atoms. The average Bonchev–Trinajstić information content (AvgIpc) is 3.18. The number of anilines is 1. The Balaban J connectivity index is 1.64. The summed E-state index contributed by atoms with van der Waals surface area (Å²) in [5.41, 5.74) is 4.23. The van der Waals surface area contributed by atoms with Crippen molar-refractivity contribution in [1.29, 1.82) is 0 Å². The first-order chi connectivity index (χ1) is 12.5. The lowest BCUT2D eigenvalue weighted by molar-refractivity contribution is -0.119. The highest BCUT2D eigenvalue weighted by Gasteiger charge is 2.25. The van der Waals surface area contributed by atoms with Crippen LogP contribution in [0, 0.1) is 11.7 Å². The Morgan fingerprint density at radius 1 is 1.31 bits per heavy atom. The Hall–Kier alpha value is -2.25. The summed E-state index contributed by atoms with van der Waals surface area (Å²) in [6.07, 6.45) is 0.863. The molecule has 0 spiro atoms. The van der Waals surface area contributed by atoms with Crippen LogP contribution in [0.2, 0.25) is 0 Å². The molecule has 26 heavy (non-hydrogen) atoms. The standard InChI is InChI=1S/C19H17BrN4OS/c1-12-3-2-4-14(9-12)18-21-22-19(26)24(18)11-17(25)23-8-7-13-10-15(20)5-6-16(13)23/h2-6,9-10H,7-8,11H2,1H3,(H,22,26). The van der Waals surface area contributed by atoms with E-state index in [1.807, 2.05) is 48.2 Å². The zero-order valence-corrected chi connectivity index (χ0v) is 16.6. The lowest BCUT2D eigenvalue weighted by Crippen LogP contribution is -2.32. The number of aromatic amines is 1. The summed E-state index contributed by atoms with van der Waals surface area (Å²) in [7, 11) is 0. The Kier molecular flexibility index (Phi) is 4.50. The third kappa shape index (κ3) is 3.12.